The van der Waals surface area contributed by atoms with Gasteiger partial charge < -0.3 is 15.0 Å². The highest BCUT2D eigenvalue weighted by molar-refractivity contribution is 6.05. The van der Waals surface area contributed by atoms with Crippen molar-refractivity contribution < 1.29 is 9.53 Å². The highest BCUT2D eigenvalue weighted by atomic mass is 16.5. The third-order valence-corrected chi connectivity index (χ3v) is 7.05. The summed E-state index contributed by atoms with van der Waals surface area (Å²) in [6.45, 7) is 3.07. The lowest BCUT2D eigenvalue weighted by Crippen LogP contribution is -2.41. The topological polar surface area (TPSA) is 67.4 Å². The average molecular weight is 515 g/mol. The van der Waals surface area contributed by atoms with Crippen LogP contribution in [0.1, 0.15) is 11.3 Å². The monoisotopic (exact) mass is 514 g/mol. The van der Waals surface area contributed by atoms with Gasteiger partial charge >= 0.3 is 0 Å². The van der Waals surface area contributed by atoms with E-state index in [1.807, 2.05) is 41.3 Å². The quantitative estimate of drug-likeness (QED) is 0.290. The van der Waals surface area contributed by atoms with Crippen LogP contribution in [0.2, 0.25) is 0 Å². The van der Waals surface area contributed by atoms with Crippen LogP contribution in [-0.4, -0.2) is 47.1 Å². The van der Waals surface area contributed by atoms with Crippen LogP contribution < -0.4 is 5.32 Å². The number of rotatable bonds is 7. The first-order chi connectivity index (χ1) is 19.2. The molecule has 0 spiro atoms. The minimum absolute atomic E-state index is 0.132. The normalized spacial score (nSPS) is 13.4. The summed E-state index contributed by atoms with van der Waals surface area (Å²) in [4.78, 5) is 24.4. The molecule has 194 valence electrons. The van der Waals surface area contributed by atoms with E-state index in [9.17, 15) is 4.79 Å². The Morgan fingerprint density at radius 1 is 0.846 bits per heavy atom. The number of benzene rings is 3. The van der Waals surface area contributed by atoms with E-state index in [1.54, 1.807) is 6.20 Å². The van der Waals surface area contributed by atoms with Crippen molar-refractivity contribution >= 4 is 22.5 Å². The second-order valence-electron chi connectivity index (χ2n) is 9.67. The average Bonchev–Trinajstić information content (AvgIpc) is 3.01. The number of pyridine rings is 2. The number of nitrogens with one attached hydrogen (secondary N) is 1. The lowest BCUT2D eigenvalue weighted by molar-refractivity contribution is -0.134. The molecule has 0 unspecified atom stereocenters. The van der Waals surface area contributed by atoms with Gasteiger partial charge in [0.1, 0.15) is 5.82 Å². The molecular weight excluding hydrogens is 484 g/mol. The Labute approximate surface area is 228 Å². The first kappa shape index (κ1) is 24.8. The predicted octanol–water partition coefficient (Wildman–Crippen LogP) is 5.98. The van der Waals surface area contributed by atoms with Crippen LogP contribution in [0.5, 0.6) is 0 Å². The van der Waals surface area contributed by atoms with Crippen LogP contribution >= 0.6 is 0 Å². The molecule has 1 fully saturated rings. The van der Waals surface area contributed by atoms with Gasteiger partial charge in [0.05, 0.1) is 37.6 Å². The molecule has 6 nitrogen and oxygen atoms in total. The van der Waals surface area contributed by atoms with Gasteiger partial charge in [0.2, 0.25) is 5.91 Å². The van der Waals surface area contributed by atoms with Crippen LogP contribution in [0, 0.1) is 0 Å². The summed E-state index contributed by atoms with van der Waals surface area (Å²) in [5, 5.41) is 5.74. The van der Waals surface area contributed by atoms with Crippen LogP contribution in [0.25, 0.3) is 33.2 Å². The molecule has 0 radical (unpaired) electrons. The van der Waals surface area contributed by atoms with Gasteiger partial charge in [0, 0.05) is 30.2 Å². The minimum atomic E-state index is 0.132. The Hall–Kier alpha value is -4.55. The van der Waals surface area contributed by atoms with E-state index in [0.29, 0.717) is 39.3 Å². The molecule has 3 aromatic carbocycles. The number of carbonyl (C=O) groups excluding carboxylic acids is 1. The fourth-order valence-electron chi connectivity index (χ4n) is 5.06. The zero-order valence-corrected chi connectivity index (χ0v) is 21.7. The molecule has 1 aliphatic rings. The van der Waals surface area contributed by atoms with Crippen molar-refractivity contribution in [1.29, 1.82) is 0 Å². The highest BCUT2D eigenvalue weighted by Crippen LogP contribution is 2.36. The van der Waals surface area contributed by atoms with Crippen LogP contribution in [-0.2, 0) is 22.5 Å². The van der Waals surface area contributed by atoms with E-state index in [2.05, 4.69) is 71.0 Å². The lowest BCUT2D eigenvalue weighted by atomic mass is 9.97. The molecule has 0 bridgehead atoms. The molecule has 5 aromatic rings. The van der Waals surface area contributed by atoms with E-state index in [-0.39, 0.29) is 5.91 Å². The maximum absolute atomic E-state index is 12.9. The number of hydrogen-bond acceptors (Lipinski definition) is 5. The van der Waals surface area contributed by atoms with Crippen molar-refractivity contribution in [3.8, 4) is 22.4 Å². The van der Waals surface area contributed by atoms with Gasteiger partial charge in [-0.1, -0.05) is 72.8 Å². The van der Waals surface area contributed by atoms with Gasteiger partial charge in [-0.05, 0) is 46.3 Å². The molecule has 1 amide bonds. The number of aromatic nitrogens is 2. The summed E-state index contributed by atoms with van der Waals surface area (Å²) in [6, 6.07) is 33.0. The van der Waals surface area contributed by atoms with Crippen LogP contribution in [0.15, 0.2) is 103 Å². The molecule has 2 aromatic heterocycles. The first-order valence-electron chi connectivity index (χ1n) is 13.3. The van der Waals surface area contributed by atoms with E-state index in [4.69, 9.17) is 9.72 Å². The van der Waals surface area contributed by atoms with Gasteiger partial charge in [-0.15, -0.1) is 0 Å². The molecule has 6 heteroatoms. The van der Waals surface area contributed by atoms with Crippen molar-refractivity contribution in [1.82, 2.24) is 14.9 Å². The largest absolute Gasteiger partial charge is 0.378 e. The van der Waals surface area contributed by atoms with Crippen LogP contribution in [0.4, 0.5) is 5.82 Å². The Morgan fingerprint density at radius 3 is 2.46 bits per heavy atom. The zero-order valence-electron chi connectivity index (χ0n) is 21.7. The van der Waals surface area contributed by atoms with E-state index in [1.165, 1.54) is 0 Å². The summed E-state index contributed by atoms with van der Waals surface area (Å²) >= 11 is 0. The van der Waals surface area contributed by atoms with E-state index < -0.39 is 0 Å². The van der Waals surface area contributed by atoms with Crippen molar-refractivity contribution in [2.45, 2.75) is 13.0 Å². The highest BCUT2D eigenvalue weighted by Gasteiger charge is 2.18. The van der Waals surface area contributed by atoms with Gasteiger partial charge in [-0.3, -0.25) is 9.78 Å². The number of nitrogens with zero attached hydrogens (tertiary/aromatic N) is 3. The minimum Gasteiger partial charge on any atom is -0.378 e. The number of morpholine rings is 1. The molecule has 6 rings (SSSR count). The fourth-order valence-corrected chi connectivity index (χ4v) is 5.06. The van der Waals surface area contributed by atoms with Crippen molar-refractivity contribution in [3.63, 3.8) is 0 Å². The van der Waals surface area contributed by atoms with Gasteiger partial charge in [-0.25, -0.2) is 4.98 Å². The summed E-state index contributed by atoms with van der Waals surface area (Å²) in [7, 11) is 0. The van der Waals surface area contributed by atoms with Crippen molar-refractivity contribution in [2.24, 2.45) is 0 Å². The summed E-state index contributed by atoms with van der Waals surface area (Å²) in [6.07, 6.45) is 2.17. The molecule has 39 heavy (non-hydrogen) atoms. The number of amides is 1. The Kier molecular flexibility index (Phi) is 7.28. The number of fused-ring (bicyclic) bond motifs is 1. The van der Waals surface area contributed by atoms with Gasteiger partial charge in [0.15, 0.2) is 0 Å². The summed E-state index contributed by atoms with van der Waals surface area (Å²) in [5.74, 6) is 0.939. The predicted molar refractivity (Wildman–Crippen MR) is 155 cm³/mol. The Morgan fingerprint density at radius 2 is 1.64 bits per heavy atom. The number of carbonyl (C=O) groups is 1. The Bertz CT molecular complexity index is 1580. The zero-order chi connectivity index (χ0) is 26.4. The van der Waals surface area contributed by atoms with E-state index in [0.717, 1.165) is 50.2 Å². The molecule has 1 aliphatic heterocycles. The molecule has 0 saturated carbocycles. The third kappa shape index (κ3) is 5.66. The molecular formula is C33H30N4O2. The molecule has 3 heterocycles. The smallest absolute Gasteiger partial charge is 0.227 e. The SMILES string of the molecule is O=C(Cc1cccc(-c2cc3cccc(-c4ccccc4)c3c(NCc3ccccn3)n2)c1)N1CCOCC1. The molecule has 1 saturated heterocycles. The maximum Gasteiger partial charge on any atom is 0.227 e. The third-order valence-electron chi connectivity index (χ3n) is 7.05. The molecule has 0 aliphatic carbocycles. The number of ether oxygens (including phenoxy) is 1. The van der Waals surface area contributed by atoms with Crippen LogP contribution in [0.3, 0.4) is 0 Å². The van der Waals surface area contributed by atoms with E-state index >= 15 is 0 Å². The second-order valence-corrected chi connectivity index (χ2v) is 9.67. The van der Waals surface area contributed by atoms with Gasteiger partial charge in [0.25, 0.3) is 0 Å². The van der Waals surface area contributed by atoms with Gasteiger partial charge in [-0.2, -0.15) is 0 Å². The summed E-state index contributed by atoms with van der Waals surface area (Å²) in [5.41, 5.74) is 6.03. The maximum atomic E-state index is 12.9. The number of anilines is 1. The fraction of sp³-hybridized carbons (Fsp3) is 0.182. The van der Waals surface area contributed by atoms with Crippen molar-refractivity contribution in [3.05, 3.63) is 115 Å². The Balaban J connectivity index is 1.38. The molecule has 0 atom stereocenters. The lowest BCUT2D eigenvalue weighted by Gasteiger charge is -2.27. The molecule has 1 N–H and O–H groups in total. The summed E-state index contributed by atoms with van der Waals surface area (Å²) < 4.78 is 5.40. The standard InChI is InChI=1S/C33H30N4O2/c38-31(37-16-18-39-19-17-37)21-24-8-6-11-26(20-24)30-22-27-12-7-14-29(25-9-2-1-3-10-25)32(27)33(36-30)35-23-28-13-4-5-15-34-28/h1-15,20,22H,16-19,21,23H2,(H,35,36). The first-order valence-corrected chi connectivity index (χ1v) is 13.3. The number of hydrogen-bond donors (Lipinski definition) is 1. The second kappa shape index (κ2) is 11.5. The van der Waals surface area contributed by atoms with Crippen molar-refractivity contribution in [2.75, 3.05) is 31.6 Å².